The second-order valence-corrected chi connectivity index (χ2v) is 2.47. The molecule has 0 radical (unpaired) electrons. The Hall–Kier alpha value is -1.28. The van der Waals surface area contributed by atoms with Gasteiger partial charge < -0.3 is 5.11 Å². The molecular weight excluding hydrogens is 188 g/mol. The highest BCUT2D eigenvalue weighted by molar-refractivity contribution is 5.85. The van der Waals surface area contributed by atoms with Crippen molar-refractivity contribution in [1.82, 2.24) is 0 Å². The van der Waals surface area contributed by atoms with E-state index in [2.05, 4.69) is 6.58 Å². The van der Waals surface area contributed by atoms with Crippen LogP contribution in [-0.4, -0.2) is 11.1 Å². The summed E-state index contributed by atoms with van der Waals surface area (Å²) in [6.07, 6.45) is 1.72. The fourth-order valence-electron chi connectivity index (χ4n) is 1.06. The van der Waals surface area contributed by atoms with Gasteiger partial charge in [0.05, 0.1) is 6.42 Å². The van der Waals surface area contributed by atoms with Gasteiger partial charge in [0.2, 0.25) is 0 Å². The van der Waals surface area contributed by atoms with Gasteiger partial charge in [-0.2, -0.15) is 0 Å². The summed E-state index contributed by atoms with van der Waals surface area (Å²) < 4.78 is 0. The molecule has 2 nitrogen and oxygen atoms in total. The first-order valence-corrected chi connectivity index (χ1v) is 3.66. The van der Waals surface area contributed by atoms with Gasteiger partial charge in [0.15, 0.2) is 0 Å². The molecule has 0 fully saturated rings. The normalized spacial score (nSPS) is 8.62. The summed E-state index contributed by atoms with van der Waals surface area (Å²) in [7, 11) is 0. The Morgan fingerprint density at radius 2 is 2.08 bits per heavy atom. The topological polar surface area (TPSA) is 37.3 Å². The molecule has 3 heteroatoms. The third kappa shape index (κ3) is 3.30. The van der Waals surface area contributed by atoms with Crippen molar-refractivity contribution < 1.29 is 9.90 Å². The van der Waals surface area contributed by atoms with Gasteiger partial charge in [-0.3, -0.25) is 4.79 Å². The monoisotopic (exact) mass is 198 g/mol. The summed E-state index contributed by atoms with van der Waals surface area (Å²) >= 11 is 0. The molecule has 0 amide bonds. The van der Waals surface area contributed by atoms with E-state index in [-0.39, 0.29) is 18.8 Å². The molecule has 0 aliphatic heterocycles. The van der Waals surface area contributed by atoms with E-state index < -0.39 is 5.97 Å². The molecule has 0 aliphatic carbocycles. The number of rotatable bonds is 3. The van der Waals surface area contributed by atoms with Gasteiger partial charge in [-0.15, -0.1) is 12.4 Å². The predicted molar refractivity (Wildman–Crippen MR) is 55.1 cm³/mol. The van der Waals surface area contributed by atoms with Gasteiger partial charge in [0.25, 0.3) is 0 Å². The lowest BCUT2D eigenvalue weighted by Gasteiger charge is -2.00. The molecule has 0 aromatic heterocycles. The van der Waals surface area contributed by atoms with Crippen LogP contribution in [0.25, 0.3) is 6.08 Å². The number of hydrogen-bond acceptors (Lipinski definition) is 1. The van der Waals surface area contributed by atoms with Crippen molar-refractivity contribution in [2.75, 3.05) is 0 Å². The van der Waals surface area contributed by atoms with Crippen LogP contribution in [0.4, 0.5) is 0 Å². The van der Waals surface area contributed by atoms with Crippen LogP contribution in [0.15, 0.2) is 30.8 Å². The Balaban J connectivity index is 0.00000144. The molecule has 0 aliphatic rings. The molecule has 0 atom stereocenters. The molecule has 0 spiro atoms. The lowest BCUT2D eigenvalue weighted by molar-refractivity contribution is -0.136. The molecule has 1 N–H and O–H groups in total. The summed E-state index contributed by atoms with van der Waals surface area (Å²) in [5.41, 5.74) is 1.69. The highest BCUT2D eigenvalue weighted by atomic mass is 35.5. The second-order valence-electron chi connectivity index (χ2n) is 2.47. The average molecular weight is 199 g/mol. The van der Waals surface area contributed by atoms with Crippen LogP contribution in [0.1, 0.15) is 11.1 Å². The first kappa shape index (κ1) is 11.7. The molecule has 0 saturated carbocycles. The summed E-state index contributed by atoms with van der Waals surface area (Å²) in [5, 5.41) is 8.55. The third-order valence-electron chi connectivity index (χ3n) is 1.62. The number of aliphatic carboxylic acids is 1. The minimum atomic E-state index is -0.815. The molecule has 1 rings (SSSR count). The molecule has 0 unspecified atom stereocenters. The van der Waals surface area contributed by atoms with E-state index in [0.717, 1.165) is 11.1 Å². The van der Waals surface area contributed by atoms with Crippen LogP contribution in [0.3, 0.4) is 0 Å². The number of halogens is 1. The largest absolute Gasteiger partial charge is 0.481 e. The maximum atomic E-state index is 10.4. The zero-order valence-corrected chi connectivity index (χ0v) is 7.88. The van der Waals surface area contributed by atoms with Gasteiger partial charge in [0, 0.05) is 0 Å². The molecule has 1 aromatic carbocycles. The molecule has 0 bridgehead atoms. The van der Waals surface area contributed by atoms with Crippen molar-refractivity contribution in [1.29, 1.82) is 0 Å². The fraction of sp³-hybridized carbons (Fsp3) is 0.100. The van der Waals surface area contributed by atoms with Crippen molar-refractivity contribution in [3.8, 4) is 0 Å². The zero-order valence-electron chi connectivity index (χ0n) is 7.06. The Labute approximate surface area is 83.3 Å². The first-order valence-electron chi connectivity index (χ1n) is 3.66. The van der Waals surface area contributed by atoms with E-state index in [1.807, 2.05) is 18.2 Å². The van der Waals surface area contributed by atoms with Crippen LogP contribution in [0.5, 0.6) is 0 Å². The predicted octanol–water partition coefficient (Wildman–Crippen LogP) is 2.38. The SMILES string of the molecule is C=Cc1ccccc1CC(=O)O.Cl. The summed E-state index contributed by atoms with van der Waals surface area (Å²) in [6, 6.07) is 7.34. The van der Waals surface area contributed by atoms with Crippen LogP contribution in [0, 0.1) is 0 Å². The lowest BCUT2D eigenvalue weighted by Crippen LogP contribution is -2.01. The summed E-state index contributed by atoms with van der Waals surface area (Å²) in [6.45, 7) is 3.61. The highest BCUT2D eigenvalue weighted by Gasteiger charge is 2.02. The van der Waals surface area contributed by atoms with E-state index >= 15 is 0 Å². The van der Waals surface area contributed by atoms with Gasteiger partial charge in [-0.05, 0) is 11.1 Å². The average Bonchev–Trinajstić information content (AvgIpc) is 2.04. The van der Waals surface area contributed by atoms with Crippen LogP contribution < -0.4 is 0 Å². The standard InChI is InChI=1S/C10H10O2.ClH/c1-2-8-5-3-4-6-9(8)7-10(11)12;/h2-6H,1,7H2,(H,11,12);1H. The molecule has 0 saturated heterocycles. The van der Waals surface area contributed by atoms with E-state index in [4.69, 9.17) is 5.11 Å². The highest BCUT2D eigenvalue weighted by Crippen LogP contribution is 2.10. The van der Waals surface area contributed by atoms with E-state index in [9.17, 15) is 4.79 Å². The molecular formula is C10H11ClO2. The lowest BCUT2D eigenvalue weighted by atomic mass is 10.1. The van der Waals surface area contributed by atoms with E-state index in [1.54, 1.807) is 12.1 Å². The number of carbonyl (C=O) groups is 1. The van der Waals surface area contributed by atoms with Gasteiger partial charge in [-0.25, -0.2) is 0 Å². The summed E-state index contributed by atoms with van der Waals surface area (Å²) in [5.74, 6) is -0.815. The van der Waals surface area contributed by atoms with Gasteiger partial charge >= 0.3 is 5.97 Å². The Morgan fingerprint density at radius 3 is 2.62 bits per heavy atom. The maximum absolute atomic E-state index is 10.4. The Morgan fingerprint density at radius 1 is 1.46 bits per heavy atom. The van der Waals surface area contributed by atoms with Crippen LogP contribution in [-0.2, 0) is 11.2 Å². The number of carboxylic acids is 1. The van der Waals surface area contributed by atoms with Crippen molar-refractivity contribution in [3.05, 3.63) is 42.0 Å². The van der Waals surface area contributed by atoms with Gasteiger partial charge in [-0.1, -0.05) is 36.9 Å². The van der Waals surface area contributed by atoms with Crippen molar-refractivity contribution in [2.24, 2.45) is 0 Å². The maximum Gasteiger partial charge on any atom is 0.307 e. The second kappa shape index (κ2) is 5.38. The number of hydrogen-bond donors (Lipinski definition) is 1. The van der Waals surface area contributed by atoms with Crippen LogP contribution >= 0.6 is 12.4 Å². The Bertz CT molecular complexity index is 308. The van der Waals surface area contributed by atoms with E-state index in [0.29, 0.717) is 0 Å². The summed E-state index contributed by atoms with van der Waals surface area (Å²) in [4.78, 5) is 10.4. The fourth-order valence-corrected chi connectivity index (χ4v) is 1.06. The Kier molecular flexibility index (Phi) is 4.85. The first-order chi connectivity index (χ1) is 5.74. The quantitative estimate of drug-likeness (QED) is 0.810. The molecule has 13 heavy (non-hydrogen) atoms. The number of carboxylic acid groups (broad SMARTS) is 1. The number of benzene rings is 1. The van der Waals surface area contributed by atoms with Crippen molar-refractivity contribution in [2.45, 2.75) is 6.42 Å². The minimum absolute atomic E-state index is 0. The van der Waals surface area contributed by atoms with Crippen LogP contribution in [0.2, 0.25) is 0 Å². The van der Waals surface area contributed by atoms with E-state index in [1.165, 1.54) is 0 Å². The smallest absolute Gasteiger partial charge is 0.307 e. The van der Waals surface area contributed by atoms with Gasteiger partial charge in [0.1, 0.15) is 0 Å². The molecule has 70 valence electrons. The minimum Gasteiger partial charge on any atom is -0.481 e. The molecule has 0 heterocycles. The van der Waals surface area contributed by atoms with Crippen molar-refractivity contribution >= 4 is 24.5 Å². The third-order valence-corrected chi connectivity index (χ3v) is 1.62. The molecule has 1 aromatic rings. The zero-order chi connectivity index (χ0) is 8.97. The van der Waals surface area contributed by atoms with Crippen molar-refractivity contribution in [3.63, 3.8) is 0 Å².